The first-order chi connectivity index (χ1) is 13.8. The van der Waals surface area contributed by atoms with Crippen LogP contribution in [-0.4, -0.2) is 26.4 Å². The van der Waals surface area contributed by atoms with E-state index in [4.69, 9.17) is 4.98 Å². The van der Waals surface area contributed by atoms with Crippen LogP contribution < -0.4 is 0 Å². The highest BCUT2D eigenvalue weighted by Gasteiger charge is 2.19. The number of hydrogen-bond acceptors (Lipinski definition) is 5. The first-order valence-corrected chi connectivity index (χ1v) is 10.3. The number of benzene rings is 1. The number of fused-ring (bicyclic) bond motifs is 1. The first-order valence-electron chi connectivity index (χ1n) is 9.45. The molecule has 1 aliphatic rings. The highest BCUT2D eigenvalue weighted by Crippen LogP contribution is 2.28. The Morgan fingerprint density at radius 1 is 0.964 bits per heavy atom. The summed E-state index contributed by atoms with van der Waals surface area (Å²) >= 11 is 1.84. The molecular formula is C23H20N4S. The normalized spacial score (nSPS) is 14.0. The molecule has 4 nitrogen and oxygen atoms in total. The Bertz CT molecular complexity index is 1080. The zero-order valence-electron chi connectivity index (χ0n) is 15.5. The molecule has 0 saturated heterocycles. The monoisotopic (exact) mass is 384 g/mol. The van der Waals surface area contributed by atoms with Crippen LogP contribution >= 0.6 is 11.3 Å². The van der Waals surface area contributed by atoms with Gasteiger partial charge in [-0.15, -0.1) is 11.3 Å². The maximum atomic E-state index is 4.84. The van der Waals surface area contributed by atoms with E-state index in [0.717, 1.165) is 43.1 Å². The van der Waals surface area contributed by atoms with Crippen LogP contribution in [0.4, 0.5) is 0 Å². The van der Waals surface area contributed by atoms with E-state index in [9.17, 15) is 0 Å². The minimum absolute atomic E-state index is 0.760. The van der Waals surface area contributed by atoms with Gasteiger partial charge in [-0.2, -0.15) is 0 Å². The van der Waals surface area contributed by atoms with E-state index in [1.54, 1.807) is 6.20 Å². The van der Waals surface area contributed by atoms with E-state index in [1.165, 1.54) is 21.6 Å². The maximum absolute atomic E-state index is 4.84. The lowest BCUT2D eigenvalue weighted by molar-refractivity contribution is 0.243. The average Bonchev–Trinajstić information content (AvgIpc) is 3.23. The molecule has 1 aromatic carbocycles. The quantitative estimate of drug-likeness (QED) is 0.506. The summed E-state index contributed by atoms with van der Waals surface area (Å²) in [7, 11) is 0. The van der Waals surface area contributed by atoms with Crippen molar-refractivity contribution in [2.24, 2.45) is 0 Å². The highest BCUT2D eigenvalue weighted by molar-refractivity contribution is 7.10. The Labute approximate surface area is 168 Å². The summed E-state index contributed by atoms with van der Waals surface area (Å²) in [6.45, 7) is 2.87. The lowest BCUT2D eigenvalue weighted by atomic mass is 10.1. The van der Waals surface area contributed by atoms with Gasteiger partial charge in [0.1, 0.15) is 0 Å². The number of pyridine rings is 1. The second-order valence-electron chi connectivity index (χ2n) is 7.04. The van der Waals surface area contributed by atoms with Gasteiger partial charge in [0.05, 0.1) is 5.69 Å². The van der Waals surface area contributed by atoms with Gasteiger partial charge in [0.15, 0.2) is 5.82 Å². The summed E-state index contributed by atoms with van der Waals surface area (Å²) in [5, 5.41) is 2.26. The summed E-state index contributed by atoms with van der Waals surface area (Å²) in [5.74, 6) is 0.760. The summed E-state index contributed by atoms with van der Waals surface area (Å²) in [4.78, 5) is 17.4. The van der Waals surface area contributed by atoms with Gasteiger partial charge in [-0.1, -0.05) is 30.3 Å². The van der Waals surface area contributed by atoms with Crippen molar-refractivity contribution >= 4 is 11.3 Å². The molecule has 5 heteroatoms. The van der Waals surface area contributed by atoms with E-state index in [1.807, 2.05) is 35.9 Å². The molecule has 0 aliphatic carbocycles. The van der Waals surface area contributed by atoms with Crippen LogP contribution in [0.15, 0.2) is 72.5 Å². The number of thiophene rings is 1. The van der Waals surface area contributed by atoms with Crippen LogP contribution in [-0.2, 0) is 19.5 Å². The molecule has 0 radical (unpaired) electrons. The van der Waals surface area contributed by atoms with Crippen molar-refractivity contribution in [2.45, 2.75) is 19.5 Å². The Kier molecular flexibility index (Phi) is 4.69. The molecule has 1 aliphatic heterocycles. The van der Waals surface area contributed by atoms with Crippen LogP contribution in [0.25, 0.3) is 22.5 Å². The van der Waals surface area contributed by atoms with E-state index < -0.39 is 0 Å². The number of nitrogens with zero attached hydrogens (tertiary/aromatic N) is 4. The van der Waals surface area contributed by atoms with Crippen LogP contribution in [0.3, 0.4) is 0 Å². The van der Waals surface area contributed by atoms with Crippen molar-refractivity contribution in [1.29, 1.82) is 0 Å². The molecule has 0 fully saturated rings. The molecule has 28 heavy (non-hydrogen) atoms. The Hall–Kier alpha value is -2.89. The maximum Gasteiger partial charge on any atom is 0.160 e. The van der Waals surface area contributed by atoms with Gasteiger partial charge in [0.25, 0.3) is 0 Å². The van der Waals surface area contributed by atoms with Crippen LogP contribution in [0, 0.1) is 0 Å². The fourth-order valence-electron chi connectivity index (χ4n) is 3.59. The molecule has 0 amide bonds. The van der Waals surface area contributed by atoms with Crippen molar-refractivity contribution in [2.75, 3.05) is 6.54 Å². The molecule has 4 heterocycles. The molecule has 0 N–H and O–H groups in total. The standard InChI is InChI=1S/C23H20N4S/c1-2-5-17(6-3-1)20-11-21(28-16-20)14-27-10-8-18-13-25-23(26-22(18)15-27)19-7-4-9-24-12-19/h1-7,9,11-13,16H,8,10,14-15H2. The smallest absolute Gasteiger partial charge is 0.160 e. The highest BCUT2D eigenvalue weighted by atomic mass is 32.1. The molecule has 0 spiro atoms. The Morgan fingerprint density at radius 2 is 1.86 bits per heavy atom. The summed E-state index contributed by atoms with van der Waals surface area (Å²) in [6.07, 6.45) is 6.58. The van der Waals surface area contributed by atoms with Gasteiger partial charge < -0.3 is 0 Å². The zero-order valence-corrected chi connectivity index (χ0v) is 16.3. The molecule has 0 unspecified atom stereocenters. The second kappa shape index (κ2) is 7.62. The summed E-state index contributed by atoms with van der Waals surface area (Å²) in [5.41, 5.74) is 5.95. The third kappa shape index (κ3) is 3.59. The van der Waals surface area contributed by atoms with Crippen LogP contribution in [0.5, 0.6) is 0 Å². The molecule has 0 bridgehead atoms. The lowest BCUT2D eigenvalue weighted by Crippen LogP contribution is -2.30. The van der Waals surface area contributed by atoms with E-state index in [2.05, 4.69) is 56.6 Å². The van der Waals surface area contributed by atoms with Crippen molar-refractivity contribution in [3.05, 3.63) is 88.6 Å². The third-order valence-electron chi connectivity index (χ3n) is 5.09. The molecule has 4 aromatic rings. The molecule has 138 valence electrons. The summed E-state index contributed by atoms with van der Waals surface area (Å²) < 4.78 is 0. The van der Waals surface area contributed by atoms with Crippen molar-refractivity contribution in [3.63, 3.8) is 0 Å². The average molecular weight is 385 g/mol. The predicted octanol–water partition coefficient (Wildman–Crippen LogP) is 4.83. The van der Waals surface area contributed by atoms with Gasteiger partial charge in [0.2, 0.25) is 0 Å². The van der Waals surface area contributed by atoms with Gasteiger partial charge >= 0.3 is 0 Å². The van der Waals surface area contributed by atoms with Gasteiger partial charge in [-0.25, -0.2) is 9.97 Å². The molecular weight excluding hydrogens is 364 g/mol. The van der Waals surface area contributed by atoms with Crippen molar-refractivity contribution in [3.8, 4) is 22.5 Å². The van der Waals surface area contributed by atoms with E-state index in [0.29, 0.717) is 0 Å². The number of rotatable bonds is 4. The Balaban J connectivity index is 1.33. The second-order valence-corrected chi connectivity index (χ2v) is 8.03. The number of aromatic nitrogens is 3. The zero-order chi connectivity index (χ0) is 18.8. The van der Waals surface area contributed by atoms with Crippen molar-refractivity contribution < 1.29 is 0 Å². The van der Waals surface area contributed by atoms with Crippen LogP contribution in [0.2, 0.25) is 0 Å². The van der Waals surface area contributed by atoms with E-state index >= 15 is 0 Å². The fraction of sp³-hybridized carbons (Fsp3) is 0.174. The van der Waals surface area contributed by atoms with Gasteiger partial charge in [0, 0.05) is 48.7 Å². The number of hydrogen-bond donors (Lipinski definition) is 0. The SMILES string of the molecule is c1ccc(-c2csc(CN3CCc4cnc(-c5cccnc5)nc4C3)c2)cc1. The van der Waals surface area contributed by atoms with E-state index in [-0.39, 0.29) is 0 Å². The Morgan fingerprint density at radius 3 is 2.71 bits per heavy atom. The first kappa shape index (κ1) is 17.2. The predicted molar refractivity (Wildman–Crippen MR) is 113 cm³/mol. The van der Waals surface area contributed by atoms with Crippen molar-refractivity contribution in [1.82, 2.24) is 19.9 Å². The molecule has 0 atom stereocenters. The fourth-order valence-corrected chi connectivity index (χ4v) is 4.53. The molecule has 3 aromatic heterocycles. The topological polar surface area (TPSA) is 41.9 Å². The molecule has 0 saturated carbocycles. The summed E-state index contributed by atoms with van der Waals surface area (Å²) in [6, 6.07) is 16.8. The minimum atomic E-state index is 0.760. The largest absolute Gasteiger partial charge is 0.292 e. The third-order valence-corrected chi connectivity index (χ3v) is 6.01. The molecule has 5 rings (SSSR count). The van der Waals surface area contributed by atoms with Crippen LogP contribution in [0.1, 0.15) is 16.1 Å². The lowest BCUT2D eigenvalue weighted by Gasteiger charge is -2.27. The minimum Gasteiger partial charge on any atom is -0.292 e. The van der Waals surface area contributed by atoms with Gasteiger partial charge in [-0.3, -0.25) is 9.88 Å². The van der Waals surface area contributed by atoms with Gasteiger partial charge in [-0.05, 0) is 46.7 Å².